The molecule has 2 rings (SSSR count). The van der Waals surface area contributed by atoms with Crippen LogP contribution >= 0.6 is 0 Å². The fourth-order valence-electron chi connectivity index (χ4n) is 1.56. The van der Waals surface area contributed by atoms with Crippen molar-refractivity contribution in [3.63, 3.8) is 0 Å². The van der Waals surface area contributed by atoms with Crippen LogP contribution in [-0.2, 0) is 4.79 Å². The number of benzene rings is 1. The Balaban J connectivity index is 1.92. The van der Waals surface area contributed by atoms with E-state index in [1.807, 2.05) is 0 Å². The monoisotopic (exact) mass is 278 g/mol. The van der Waals surface area contributed by atoms with E-state index in [9.17, 15) is 13.6 Å². The number of nitrogens with zero attached hydrogens (tertiary/aromatic N) is 1. The first-order chi connectivity index (χ1) is 9.54. The highest BCUT2D eigenvalue weighted by molar-refractivity contribution is 5.91. The molecule has 0 saturated heterocycles. The van der Waals surface area contributed by atoms with Crippen LogP contribution in [-0.4, -0.2) is 17.5 Å². The van der Waals surface area contributed by atoms with Crippen LogP contribution in [0.25, 0.3) is 0 Å². The molecule has 0 spiro atoms. The predicted octanol–water partition coefficient (Wildman–Crippen LogP) is 2.69. The van der Waals surface area contributed by atoms with Crippen LogP contribution in [0.3, 0.4) is 0 Å². The number of anilines is 1. The Labute approximate surface area is 114 Å². The molecule has 0 aliphatic rings. The van der Waals surface area contributed by atoms with Gasteiger partial charge < -0.3 is 10.1 Å². The molecule has 1 heterocycles. The summed E-state index contributed by atoms with van der Waals surface area (Å²) in [5.41, 5.74) is 1.33. The minimum Gasteiger partial charge on any atom is -0.481 e. The molecule has 0 aliphatic heterocycles. The third-order valence-electron chi connectivity index (χ3n) is 2.43. The SMILES string of the molecule is Cc1cc(NC(=O)COc2ccc(F)cc2F)ccn1. The van der Waals surface area contributed by atoms with Gasteiger partial charge in [-0.05, 0) is 31.2 Å². The van der Waals surface area contributed by atoms with Gasteiger partial charge in [-0.3, -0.25) is 9.78 Å². The molecular weight excluding hydrogens is 266 g/mol. The first kappa shape index (κ1) is 13.9. The Hall–Kier alpha value is -2.50. The third kappa shape index (κ3) is 3.74. The number of pyridine rings is 1. The number of aryl methyl sites for hydroxylation is 1. The van der Waals surface area contributed by atoms with E-state index in [4.69, 9.17) is 4.74 Å². The summed E-state index contributed by atoms with van der Waals surface area (Å²) >= 11 is 0. The maximum absolute atomic E-state index is 13.3. The van der Waals surface area contributed by atoms with Gasteiger partial charge in [-0.2, -0.15) is 0 Å². The molecule has 0 unspecified atom stereocenters. The van der Waals surface area contributed by atoms with Crippen molar-refractivity contribution in [2.24, 2.45) is 0 Å². The molecule has 0 radical (unpaired) electrons. The van der Waals surface area contributed by atoms with Crippen LogP contribution in [0, 0.1) is 18.6 Å². The third-order valence-corrected chi connectivity index (χ3v) is 2.43. The topological polar surface area (TPSA) is 51.2 Å². The molecule has 6 heteroatoms. The Morgan fingerprint density at radius 1 is 1.30 bits per heavy atom. The average Bonchev–Trinajstić information content (AvgIpc) is 2.37. The summed E-state index contributed by atoms with van der Waals surface area (Å²) in [6, 6.07) is 6.20. The molecule has 0 saturated carbocycles. The second kappa shape index (κ2) is 6.10. The Morgan fingerprint density at radius 2 is 2.10 bits per heavy atom. The van der Waals surface area contributed by atoms with Gasteiger partial charge in [-0.1, -0.05) is 0 Å². The number of aromatic nitrogens is 1. The fraction of sp³-hybridized carbons (Fsp3) is 0.143. The van der Waals surface area contributed by atoms with Crippen LogP contribution in [0.1, 0.15) is 5.69 Å². The van der Waals surface area contributed by atoms with Gasteiger partial charge in [0, 0.05) is 23.6 Å². The molecule has 0 atom stereocenters. The van der Waals surface area contributed by atoms with E-state index in [0.717, 1.165) is 17.8 Å². The van der Waals surface area contributed by atoms with E-state index >= 15 is 0 Å². The number of ether oxygens (including phenoxy) is 1. The second-order valence-electron chi connectivity index (χ2n) is 4.10. The van der Waals surface area contributed by atoms with Crippen molar-refractivity contribution in [3.05, 3.63) is 53.9 Å². The summed E-state index contributed by atoms with van der Waals surface area (Å²) in [6.45, 7) is 1.42. The number of hydrogen-bond acceptors (Lipinski definition) is 3. The van der Waals surface area contributed by atoms with Crippen molar-refractivity contribution in [1.29, 1.82) is 0 Å². The molecule has 0 fully saturated rings. The van der Waals surface area contributed by atoms with Crippen LogP contribution in [0.5, 0.6) is 5.75 Å². The van der Waals surface area contributed by atoms with Gasteiger partial charge in [0.05, 0.1) is 0 Å². The number of nitrogens with one attached hydrogen (secondary N) is 1. The highest BCUT2D eigenvalue weighted by atomic mass is 19.1. The van der Waals surface area contributed by atoms with E-state index in [-0.39, 0.29) is 12.4 Å². The minimum atomic E-state index is -0.849. The lowest BCUT2D eigenvalue weighted by Crippen LogP contribution is -2.20. The molecule has 0 bridgehead atoms. The average molecular weight is 278 g/mol. The lowest BCUT2D eigenvalue weighted by Gasteiger charge is -2.08. The predicted molar refractivity (Wildman–Crippen MR) is 69.5 cm³/mol. The summed E-state index contributed by atoms with van der Waals surface area (Å²) in [4.78, 5) is 15.6. The van der Waals surface area contributed by atoms with Crippen molar-refractivity contribution in [2.75, 3.05) is 11.9 Å². The quantitative estimate of drug-likeness (QED) is 0.935. The van der Waals surface area contributed by atoms with E-state index in [1.165, 1.54) is 0 Å². The van der Waals surface area contributed by atoms with Crippen LogP contribution in [0.2, 0.25) is 0 Å². The number of hydrogen-bond donors (Lipinski definition) is 1. The summed E-state index contributed by atoms with van der Waals surface area (Å²) in [7, 11) is 0. The van der Waals surface area contributed by atoms with Crippen LogP contribution in [0.15, 0.2) is 36.5 Å². The largest absolute Gasteiger partial charge is 0.481 e. The van der Waals surface area contributed by atoms with E-state index in [0.29, 0.717) is 11.8 Å². The van der Waals surface area contributed by atoms with Gasteiger partial charge in [0.15, 0.2) is 18.2 Å². The smallest absolute Gasteiger partial charge is 0.262 e. The molecule has 2 aromatic rings. The first-order valence-corrected chi connectivity index (χ1v) is 5.85. The first-order valence-electron chi connectivity index (χ1n) is 5.85. The zero-order chi connectivity index (χ0) is 14.5. The van der Waals surface area contributed by atoms with Gasteiger partial charge in [0.2, 0.25) is 0 Å². The minimum absolute atomic E-state index is 0.174. The van der Waals surface area contributed by atoms with Crippen molar-refractivity contribution in [3.8, 4) is 5.75 Å². The maximum Gasteiger partial charge on any atom is 0.262 e. The van der Waals surface area contributed by atoms with Crippen molar-refractivity contribution in [2.45, 2.75) is 6.92 Å². The van der Waals surface area contributed by atoms with Crippen molar-refractivity contribution < 1.29 is 18.3 Å². The number of halogens is 2. The summed E-state index contributed by atoms with van der Waals surface area (Å²) < 4.78 is 31.0. The molecule has 1 aromatic carbocycles. The molecule has 1 amide bonds. The highest BCUT2D eigenvalue weighted by Crippen LogP contribution is 2.17. The lowest BCUT2D eigenvalue weighted by molar-refractivity contribution is -0.118. The zero-order valence-corrected chi connectivity index (χ0v) is 10.7. The number of rotatable bonds is 4. The summed E-state index contributed by atoms with van der Waals surface area (Å²) in [5, 5.41) is 2.58. The normalized spacial score (nSPS) is 10.2. The summed E-state index contributed by atoms with van der Waals surface area (Å²) in [5.74, 6) is -2.17. The van der Waals surface area contributed by atoms with E-state index in [1.54, 1.807) is 25.3 Å². The Morgan fingerprint density at radius 3 is 2.80 bits per heavy atom. The number of amides is 1. The maximum atomic E-state index is 13.3. The van der Waals surface area contributed by atoms with Gasteiger partial charge in [-0.25, -0.2) is 8.78 Å². The highest BCUT2D eigenvalue weighted by Gasteiger charge is 2.08. The van der Waals surface area contributed by atoms with Crippen LogP contribution in [0.4, 0.5) is 14.5 Å². The summed E-state index contributed by atoms with van der Waals surface area (Å²) in [6.07, 6.45) is 1.56. The van der Waals surface area contributed by atoms with Gasteiger partial charge in [0.1, 0.15) is 5.82 Å². The molecule has 0 aliphatic carbocycles. The molecule has 4 nitrogen and oxygen atoms in total. The van der Waals surface area contributed by atoms with E-state index in [2.05, 4.69) is 10.3 Å². The van der Waals surface area contributed by atoms with Gasteiger partial charge in [0.25, 0.3) is 5.91 Å². The Kier molecular flexibility index (Phi) is 4.24. The standard InChI is InChI=1S/C14H12F2N2O2/c1-9-6-11(4-5-17-9)18-14(19)8-20-13-3-2-10(15)7-12(13)16/h2-7H,8H2,1H3,(H,17,18,19). The molecular formula is C14H12F2N2O2. The fourth-order valence-corrected chi connectivity index (χ4v) is 1.56. The molecule has 1 aromatic heterocycles. The second-order valence-corrected chi connectivity index (χ2v) is 4.10. The molecule has 1 N–H and O–H groups in total. The van der Waals surface area contributed by atoms with Gasteiger partial charge in [-0.15, -0.1) is 0 Å². The number of carbonyl (C=O) groups is 1. The number of carbonyl (C=O) groups excluding carboxylic acids is 1. The van der Waals surface area contributed by atoms with Crippen LogP contribution < -0.4 is 10.1 Å². The zero-order valence-electron chi connectivity index (χ0n) is 10.7. The van der Waals surface area contributed by atoms with Crippen molar-refractivity contribution >= 4 is 11.6 Å². The lowest BCUT2D eigenvalue weighted by atomic mass is 10.3. The Bertz CT molecular complexity index is 632. The molecule has 20 heavy (non-hydrogen) atoms. The van der Waals surface area contributed by atoms with Crippen molar-refractivity contribution in [1.82, 2.24) is 4.98 Å². The van der Waals surface area contributed by atoms with Gasteiger partial charge >= 0.3 is 0 Å². The molecule has 104 valence electrons. The van der Waals surface area contributed by atoms with E-state index < -0.39 is 17.5 Å².